The van der Waals surface area contributed by atoms with Crippen LogP contribution in [0, 0.1) is 6.92 Å². The number of benzene rings is 1. The maximum Gasteiger partial charge on any atom is 0.573 e. The summed E-state index contributed by atoms with van der Waals surface area (Å²) in [7, 11) is 0. The summed E-state index contributed by atoms with van der Waals surface area (Å²) in [6.45, 7) is 1.89. The lowest BCUT2D eigenvalue weighted by Crippen LogP contribution is -2.16. The normalized spacial score (nSPS) is 11.3. The van der Waals surface area contributed by atoms with E-state index >= 15 is 0 Å². The Morgan fingerprint density at radius 2 is 1.72 bits per heavy atom. The van der Waals surface area contributed by atoms with Gasteiger partial charge in [-0.05, 0) is 42.8 Å². The van der Waals surface area contributed by atoms with Crippen molar-refractivity contribution in [3.05, 3.63) is 48.2 Å². The lowest BCUT2D eigenvalue weighted by atomic mass is 10.1. The van der Waals surface area contributed by atoms with E-state index in [1.54, 1.807) is 24.4 Å². The lowest BCUT2D eigenvalue weighted by molar-refractivity contribution is -0.274. The van der Waals surface area contributed by atoms with Crippen molar-refractivity contribution in [3.8, 4) is 17.0 Å². The van der Waals surface area contributed by atoms with Crippen molar-refractivity contribution in [2.24, 2.45) is 0 Å². The quantitative estimate of drug-likeness (QED) is 0.808. The molecular weight excluding hydrogens is 243 g/mol. The van der Waals surface area contributed by atoms with Crippen LogP contribution in [0.4, 0.5) is 13.2 Å². The molecule has 1 aromatic heterocycles. The fourth-order valence-corrected chi connectivity index (χ4v) is 1.60. The highest BCUT2D eigenvalue weighted by Gasteiger charge is 2.30. The fraction of sp³-hybridized carbons (Fsp3) is 0.154. The maximum absolute atomic E-state index is 12.0. The van der Waals surface area contributed by atoms with Gasteiger partial charge in [0.1, 0.15) is 5.75 Å². The summed E-state index contributed by atoms with van der Waals surface area (Å²) in [6, 6.07) is 9.35. The molecule has 0 unspecified atom stereocenters. The monoisotopic (exact) mass is 253 g/mol. The molecule has 2 rings (SSSR count). The molecule has 0 aliphatic heterocycles. The van der Waals surface area contributed by atoms with Crippen LogP contribution in [0.15, 0.2) is 42.6 Å². The molecule has 0 bridgehead atoms. The van der Waals surface area contributed by atoms with Crippen LogP contribution in [0.25, 0.3) is 11.3 Å². The van der Waals surface area contributed by atoms with Gasteiger partial charge in [-0.25, -0.2) is 0 Å². The van der Waals surface area contributed by atoms with Crippen molar-refractivity contribution in [2.45, 2.75) is 13.3 Å². The van der Waals surface area contributed by atoms with E-state index in [1.807, 2.05) is 13.0 Å². The molecule has 0 amide bonds. The summed E-state index contributed by atoms with van der Waals surface area (Å²) in [6.07, 6.45) is -3.02. The highest BCUT2D eigenvalue weighted by Crippen LogP contribution is 2.26. The molecule has 0 saturated carbocycles. The zero-order valence-electron chi connectivity index (χ0n) is 9.53. The molecule has 0 aliphatic carbocycles. The van der Waals surface area contributed by atoms with Gasteiger partial charge in [-0.1, -0.05) is 6.07 Å². The third-order valence-electron chi connectivity index (χ3n) is 2.37. The summed E-state index contributed by atoms with van der Waals surface area (Å²) < 4.78 is 39.8. The van der Waals surface area contributed by atoms with E-state index in [0.29, 0.717) is 0 Å². The molecule has 0 N–H and O–H groups in total. The van der Waals surface area contributed by atoms with Gasteiger partial charge in [-0.3, -0.25) is 4.98 Å². The zero-order valence-corrected chi connectivity index (χ0v) is 9.53. The van der Waals surface area contributed by atoms with Gasteiger partial charge in [-0.15, -0.1) is 13.2 Å². The molecule has 0 fully saturated rings. The molecule has 0 spiro atoms. The number of ether oxygens (including phenoxy) is 1. The van der Waals surface area contributed by atoms with Crippen LogP contribution >= 0.6 is 0 Å². The number of hydrogen-bond donors (Lipinski definition) is 0. The van der Waals surface area contributed by atoms with Crippen molar-refractivity contribution in [1.82, 2.24) is 4.98 Å². The van der Waals surface area contributed by atoms with Gasteiger partial charge < -0.3 is 4.74 Å². The van der Waals surface area contributed by atoms with E-state index in [2.05, 4.69) is 9.72 Å². The fourth-order valence-electron chi connectivity index (χ4n) is 1.60. The Bertz CT molecular complexity index is 535. The first kappa shape index (κ1) is 12.4. The van der Waals surface area contributed by atoms with Gasteiger partial charge in [0.05, 0.1) is 5.69 Å². The van der Waals surface area contributed by atoms with Gasteiger partial charge in [0.2, 0.25) is 0 Å². The number of aromatic nitrogens is 1. The molecule has 94 valence electrons. The Kier molecular flexibility index (Phi) is 3.23. The average molecular weight is 253 g/mol. The van der Waals surface area contributed by atoms with Crippen LogP contribution in [0.5, 0.6) is 5.75 Å². The van der Waals surface area contributed by atoms with Gasteiger partial charge >= 0.3 is 6.36 Å². The first-order chi connectivity index (χ1) is 8.46. The zero-order chi connectivity index (χ0) is 13.2. The third-order valence-corrected chi connectivity index (χ3v) is 2.37. The highest BCUT2D eigenvalue weighted by molar-refractivity contribution is 5.63. The molecule has 0 saturated heterocycles. The Morgan fingerprint density at radius 3 is 2.28 bits per heavy atom. The maximum atomic E-state index is 12.0. The second kappa shape index (κ2) is 4.68. The van der Waals surface area contributed by atoms with E-state index in [9.17, 15) is 13.2 Å². The van der Waals surface area contributed by atoms with Crippen LogP contribution in [0.3, 0.4) is 0 Å². The van der Waals surface area contributed by atoms with Crippen molar-refractivity contribution >= 4 is 0 Å². The van der Waals surface area contributed by atoms with Gasteiger partial charge in [0.25, 0.3) is 0 Å². The second-order valence-electron chi connectivity index (χ2n) is 3.74. The van der Waals surface area contributed by atoms with Crippen LogP contribution in [0.1, 0.15) is 5.56 Å². The molecule has 5 heteroatoms. The minimum atomic E-state index is -4.66. The Balaban J connectivity index is 2.26. The second-order valence-corrected chi connectivity index (χ2v) is 3.74. The van der Waals surface area contributed by atoms with Crippen LogP contribution in [0.2, 0.25) is 0 Å². The molecular formula is C13H10F3NO. The van der Waals surface area contributed by atoms with Crippen molar-refractivity contribution in [1.29, 1.82) is 0 Å². The van der Waals surface area contributed by atoms with Gasteiger partial charge in [-0.2, -0.15) is 0 Å². The van der Waals surface area contributed by atoms with Crippen LogP contribution < -0.4 is 4.74 Å². The van der Waals surface area contributed by atoms with E-state index in [0.717, 1.165) is 16.8 Å². The topological polar surface area (TPSA) is 22.1 Å². The number of aryl methyl sites for hydroxylation is 1. The van der Waals surface area contributed by atoms with Crippen LogP contribution in [-0.2, 0) is 0 Å². The third kappa shape index (κ3) is 3.00. The molecule has 0 atom stereocenters. The summed E-state index contributed by atoms with van der Waals surface area (Å²) in [4.78, 5) is 4.19. The number of nitrogens with zero attached hydrogens (tertiary/aromatic N) is 1. The molecule has 0 radical (unpaired) electrons. The summed E-state index contributed by atoms with van der Waals surface area (Å²) in [5.74, 6) is -0.236. The van der Waals surface area contributed by atoms with Crippen molar-refractivity contribution in [3.63, 3.8) is 0 Å². The first-order valence-corrected chi connectivity index (χ1v) is 5.23. The molecule has 18 heavy (non-hydrogen) atoms. The van der Waals surface area contributed by atoms with E-state index in [-0.39, 0.29) is 5.75 Å². The summed E-state index contributed by atoms with van der Waals surface area (Å²) in [5, 5.41) is 0. The first-order valence-electron chi connectivity index (χ1n) is 5.23. The van der Waals surface area contributed by atoms with E-state index in [1.165, 1.54) is 12.1 Å². The summed E-state index contributed by atoms with van der Waals surface area (Å²) in [5.41, 5.74) is 2.46. The average Bonchev–Trinajstić information content (AvgIpc) is 2.29. The van der Waals surface area contributed by atoms with Gasteiger partial charge in [0.15, 0.2) is 0 Å². The molecule has 2 aromatic rings. The Hall–Kier alpha value is -2.04. The summed E-state index contributed by atoms with van der Waals surface area (Å²) >= 11 is 0. The van der Waals surface area contributed by atoms with Crippen LogP contribution in [-0.4, -0.2) is 11.3 Å². The SMILES string of the molecule is Cc1cccnc1-c1ccc(OC(F)(F)F)cc1. The Morgan fingerprint density at radius 1 is 1.06 bits per heavy atom. The predicted octanol–water partition coefficient (Wildman–Crippen LogP) is 3.96. The molecule has 1 aromatic carbocycles. The van der Waals surface area contributed by atoms with Crippen molar-refractivity contribution in [2.75, 3.05) is 0 Å². The highest BCUT2D eigenvalue weighted by atomic mass is 19.4. The standard InChI is InChI=1S/C13H10F3NO/c1-9-3-2-8-17-12(9)10-4-6-11(7-5-10)18-13(14,15)16/h2-8H,1H3. The molecule has 1 heterocycles. The number of alkyl halides is 3. The molecule has 2 nitrogen and oxygen atoms in total. The lowest BCUT2D eigenvalue weighted by Gasteiger charge is -2.09. The number of rotatable bonds is 2. The number of halogens is 3. The predicted molar refractivity (Wildman–Crippen MR) is 61.1 cm³/mol. The van der Waals surface area contributed by atoms with E-state index in [4.69, 9.17) is 0 Å². The largest absolute Gasteiger partial charge is 0.573 e. The minimum absolute atomic E-state index is 0.236. The van der Waals surface area contributed by atoms with E-state index < -0.39 is 6.36 Å². The molecule has 0 aliphatic rings. The smallest absolute Gasteiger partial charge is 0.406 e. The number of pyridine rings is 1. The van der Waals surface area contributed by atoms with Gasteiger partial charge in [0, 0.05) is 11.8 Å². The Labute approximate surface area is 102 Å². The number of hydrogen-bond acceptors (Lipinski definition) is 2. The minimum Gasteiger partial charge on any atom is -0.406 e. The van der Waals surface area contributed by atoms with Crippen molar-refractivity contribution < 1.29 is 17.9 Å².